The lowest BCUT2D eigenvalue weighted by Crippen LogP contribution is -2.28. The van der Waals surface area contributed by atoms with Crippen molar-refractivity contribution in [1.82, 2.24) is 5.32 Å². The number of benzene rings is 3. The molecule has 2 N–H and O–H groups in total. The number of amides is 3. The van der Waals surface area contributed by atoms with Crippen molar-refractivity contribution in [3.8, 4) is 0 Å². The molecule has 1 aliphatic heterocycles. The van der Waals surface area contributed by atoms with Crippen LogP contribution < -0.4 is 15.5 Å². The van der Waals surface area contributed by atoms with E-state index in [1.165, 1.54) is 0 Å². The van der Waals surface area contributed by atoms with Gasteiger partial charge in [-0.05, 0) is 49.2 Å². The van der Waals surface area contributed by atoms with Crippen LogP contribution in [-0.2, 0) is 4.79 Å². The fourth-order valence-electron chi connectivity index (χ4n) is 3.82. The third-order valence-corrected chi connectivity index (χ3v) is 5.56. The maximum atomic E-state index is 12.9. The molecule has 0 spiro atoms. The smallest absolute Gasteiger partial charge is 0.255 e. The van der Waals surface area contributed by atoms with Gasteiger partial charge in [-0.2, -0.15) is 0 Å². The van der Waals surface area contributed by atoms with Gasteiger partial charge in [0.1, 0.15) is 0 Å². The first-order valence-electron chi connectivity index (χ1n) is 10.7. The summed E-state index contributed by atoms with van der Waals surface area (Å²) in [5.74, 6) is -0.541. The van der Waals surface area contributed by atoms with Crippen molar-refractivity contribution in [3.63, 3.8) is 0 Å². The van der Waals surface area contributed by atoms with Gasteiger partial charge in [-0.3, -0.25) is 14.4 Å². The molecule has 1 heterocycles. The van der Waals surface area contributed by atoms with Gasteiger partial charge in [0.05, 0.1) is 17.3 Å². The highest BCUT2D eigenvalue weighted by Gasteiger charge is 2.22. The molecule has 32 heavy (non-hydrogen) atoms. The third kappa shape index (κ3) is 4.70. The van der Waals surface area contributed by atoms with Crippen LogP contribution in [0.5, 0.6) is 0 Å². The maximum absolute atomic E-state index is 12.9. The summed E-state index contributed by atoms with van der Waals surface area (Å²) in [6, 6.07) is 23.4. The zero-order valence-electron chi connectivity index (χ0n) is 17.9. The molecule has 3 aromatic rings. The zero-order valence-corrected chi connectivity index (χ0v) is 17.9. The normalized spacial score (nSPS) is 14.2. The van der Waals surface area contributed by atoms with Gasteiger partial charge >= 0.3 is 0 Å². The number of hydrogen-bond donors (Lipinski definition) is 2. The van der Waals surface area contributed by atoms with Crippen LogP contribution in [0.4, 0.5) is 11.4 Å². The molecule has 6 heteroatoms. The van der Waals surface area contributed by atoms with E-state index in [4.69, 9.17) is 0 Å². The van der Waals surface area contributed by atoms with Crippen LogP contribution in [0.1, 0.15) is 52.1 Å². The van der Waals surface area contributed by atoms with E-state index in [0.717, 1.165) is 12.0 Å². The summed E-state index contributed by atoms with van der Waals surface area (Å²) in [5, 5.41) is 5.83. The Kier molecular flexibility index (Phi) is 6.31. The monoisotopic (exact) mass is 427 g/mol. The van der Waals surface area contributed by atoms with Gasteiger partial charge in [0.2, 0.25) is 5.91 Å². The second-order valence-corrected chi connectivity index (χ2v) is 7.80. The molecule has 3 amide bonds. The second kappa shape index (κ2) is 9.47. The van der Waals surface area contributed by atoms with Gasteiger partial charge in [0.15, 0.2) is 0 Å². The Bertz CT molecular complexity index is 1140. The van der Waals surface area contributed by atoms with Gasteiger partial charge in [-0.1, -0.05) is 48.5 Å². The van der Waals surface area contributed by atoms with Gasteiger partial charge < -0.3 is 15.5 Å². The van der Waals surface area contributed by atoms with Crippen LogP contribution in [-0.4, -0.2) is 24.3 Å². The molecule has 6 nitrogen and oxygen atoms in total. The van der Waals surface area contributed by atoms with Crippen molar-refractivity contribution in [2.45, 2.75) is 25.8 Å². The zero-order chi connectivity index (χ0) is 22.5. The van der Waals surface area contributed by atoms with Crippen LogP contribution in [0.2, 0.25) is 0 Å². The summed E-state index contributed by atoms with van der Waals surface area (Å²) in [6.07, 6.45) is 1.35. The van der Waals surface area contributed by atoms with E-state index in [0.29, 0.717) is 35.5 Å². The largest absolute Gasteiger partial charge is 0.345 e. The first-order chi connectivity index (χ1) is 15.5. The van der Waals surface area contributed by atoms with E-state index in [-0.39, 0.29) is 23.8 Å². The fourth-order valence-corrected chi connectivity index (χ4v) is 3.82. The maximum Gasteiger partial charge on any atom is 0.255 e. The van der Waals surface area contributed by atoms with Gasteiger partial charge in [0.25, 0.3) is 11.8 Å². The molecule has 0 bridgehead atoms. The Morgan fingerprint density at radius 3 is 2.41 bits per heavy atom. The minimum atomic E-state index is -0.338. The molecule has 1 saturated heterocycles. The quantitative estimate of drug-likeness (QED) is 0.605. The average molecular weight is 428 g/mol. The SMILES string of the molecule is C[C@H](NC(=O)c1ccccc1NC(=O)c1cccc(N2CCCC2=O)c1)c1ccccc1. The van der Waals surface area contributed by atoms with Crippen molar-refractivity contribution < 1.29 is 14.4 Å². The lowest BCUT2D eigenvalue weighted by atomic mass is 10.1. The number of nitrogens with one attached hydrogen (secondary N) is 2. The standard InChI is InChI=1S/C26H25N3O3/c1-18(19-9-3-2-4-10-19)27-26(32)22-13-5-6-14-23(22)28-25(31)20-11-7-12-21(17-20)29-16-8-15-24(29)30/h2-7,9-14,17-18H,8,15-16H2,1H3,(H,27,32)(H,28,31)/t18-/m0/s1. The predicted octanol–water partition coefficient (Wildman–Crippen LogP) is 4.56. The lowest BCUT2D eigenvalue weighted by Gasteiger charge is -2.18. The van der Waals surface area contributed by atoms with E-state index in [1.54, 1.807) is 47.4 Å². The summed E-state index contributed by atoms with van der Waals surface area (Å²) < 4.78 is 0. The summed E-state index contributed by atoms with van der Waals surface area (Å²) in [7, 11) is 0. The summed E-state index contributed by atoms with van der Waals surface area (Å²) >= 11 is 0. The minimum absolute atomic E-state index is 0.0668. The number of carbonyl (C=O) groups excluding carboxylic acids is 3. The fraction of sp³-hybridized carbons (Fsp3) is 0.192. The van der Waals surface area contributed by atoms with Crippen LogP contribution in [0.15, 0.2) is 78.9 Å². The van der Waals surface area contributed by atoms with Crippen molar-refractivity contribution in [1.29, 1.82) is 0 Å². The Morgan fingerprint density at radius 2 is 1.66 bits per heavy atom. The van der Waals surface area contributed by atoms with E-state index in [2.05, 4.69) is 10.6 Å². The van der Waals surface area contributed by atoms with Crippen molar-refractivity contribution >= 4 is 29.1 Å². The van der Waals surface area contributed by atoms with E-state index in [9.17, 15) is 14.4 Å². The molecule has 0 radical (unpaired) electrons. The van der Waals surface area contributed by atoms with Crippen molar-refractivity contribution in [2.24, 2.45) is 0 Å². The van der Waals surface area contributed by atoms with Gasteiger partial charge in [0, 0.05) is 24.2 Å². The first-order valence-corrected chi connectivity index (χ1v) is 10.7. The van der Waals surface area contributed by atoms with Gasteiger partial charge in [-0.15, -0.1) is 0 Å². The number of para-hydroxylation sites is 1. The summed E-state index contributed by atoms with van der Waals surface area (Å²) in [6.45, 7) is 2.58. The number of nitrogens with zero attached hydrogens (tertiary/aromatic N) is 1. The molecular weight excluding hydrogens is 402 g/mol. The molecular formula is C26H25N3O3. The highest BCUT2D eigenvalue weighted by Crippen LogP contribution is 2.24. The minimum Gasteiger partial charge on any atom is -0.345 e. The highest BCUT2D eigenvalue weighted by molar-refractivity contribution is 6.09. The van der Waals surface area contributed by atoms with E-state index in [1.807, 2.05) is 43.3 Å². The highest BCUT2D eigenvalue weighted by atomic mass is 16.2. The molecule has 1 aliphatic rings. The van der Waals surface area contributed by atoms with Crippen LogP contribution in [0, 0.1) is 0 Å². The Hall–Kier alpha value is -3.93. The Morgan fingerprint density at radius 1 is 0.906 bits per heavy atom. The van der Waals surface area contributed by atoms with Crippen LogP contribution >= 0.6 is 0 Å². The predicted molar refractivity (Wildman–Crippen MR) is 125 cm³/mol. The molecule has 0 aliphatic carbocycles. The van der Waals surface area contributed by atoms with Crippen molar-refractivity contribution in [2.75, 3.05) is 16.8 Å². The molecule has 162 valence electrons. The Labute approximate surface area is 187 Å². The first kappa shape index (κ1) is 21.3. The van der Waals surface area contributed by atoms with Crippen LogP contribution in [0.25, 0.3) is 0 Å². The topological polar surface area (TPSA) is 78.5 Å². The summed E-state index contributed by atoms with van der Waals surface area (Å²) in [5.41, 5.74) is 2.95. The molecule has 0 aromatic heterocycles. The number of rotatable bonds is 6. The lowest BCUT2D eigenvalue weighted by molar-refractivity contribution is -0.117. The number of hydrogen-bond acceptors (Lipinski definition) is 3. The molecule has 3 aromatic carbocycles. The molecule has 1 atom stereocenters. The molecule has 1 fully saturated rings. The van der Waals surface area contributed by atoms with Crippen LogP contribution in [0.3, 0.4) is 0 Å². The number of carbonyl (C=O) groups is 3. The second-order valence-electron chi connectivity index (χ2n) is 7.80. The molecule has 4 rings (SSSR count). The molecule has 0 unspecified atom stereocenters. The number of anilines is 2. The third-order valence-electron chi connectivity index (χ3n) is 5.56. The molecule has 0 saturated carbocycles. The Balaban J connectivity index is 1.50. The average Bonchev–Trinajstić information content (AvgIpc) is 3.26. The summed E-state index contributed by atoms with van der Waals surface area (Å²) in [4.78, 5) is 39.6. The van der Waals surface area contributed by atoms with Gasteiger partial charge in [-0.25, -0.2) is 0 Å². The van der Waals surface area contributed by atoms with Crippen molar-refractivity contribution in [3.05, 3.63) is 95.6 Å². The van der Waals surface area contributed by atoms with E-state index < -0.39 is 0 Å². The van der Waals surface area contributed by atoms with E-state index >= 15 is 0 Å².